The average Bonchev–Trinajstić information content (AvgIpc) is 3.01. The molecule has 0 saturated carbocycles. The fourth-order valence-corrected chi connectivity index (χ4v) is 2.48. The first-order valence-corrected chi connectivity index (χ1v) is 7.76. The molecule has 2 aromatic rings. The first-order valence-electron chi connectivity index (χ1n) is 6.81. The predicted octanol–water partition coefficient (Wildman–Crippen LogP) is 2.68. The van der Waals surface area contributed by atoms with Crippen molar-refractivity contribution in [1.82, 2.24) is 5.32 Å². The molecule has 0 bridgehead atoms. The molecule has 0 aliphatic rings. The van der Waals surface area contributed by atoms with Crippen molar-refractivity contribution in [2.24, 2.45) is 0 Å². The lowest BCUT2D eigenvalue weighted by Crippen LogP contribution is -2.29. The highest BCUT2D eigenvalue weighted by atomic mass is 32.1. The molecule has 1 heterocycles. The molecule has 1 amide bonds. The zero-order chi connectivity index (χ0) is 15.1. The number of carbonyl (C=O) groups is 1. The van der Waals surface area contributed by atoms with E-state index in [1.165, 1.54) is 16.9 Å². The zero-order valence-corrected chi connectivity index (χ0v) is 12.7. The molecule has 0 aliphatic heterocycles. The topological polar surface area (TPSA) is 58.6 Å². The number of aliphatic hydroxyl groups is 1. The quantitative estimate of drug-likeness (QED) is 0.827. The summed E-state index contributed by atoms with van der Waals surface area (Å²) in [5.74, 6) is 0.628. The summed E-state index contributed by atoms with van der Waals surface area (Å²) < 4.78 is 5.49. The van der Waals surface area contributed by atoms with Crippen molar-refractivity contribution in [3.8, 4) is 5.75 Å². The van der Waals surface area contributed by atoms with Crippen LogP contribution in [-0.2, 0) is 4.79 Å². The fourth-order valence-electron chi connectivity index (χ4n) is 1.78. The molecule has 2 rings (SSSR count). The van der Waals surface area contributed by atoms with Crippen LogP contribution in [0.3, 0.4) is 0 Å². The summed E-state index contributed by atoms with van der Waals surface area (Å²) in [6.45, 7) is 2.56. The van der Waals surface area contributed by atoms with Crippen molar-refractivity contribution in [2.45, 2.75) is 19.4 Å². The Morgan fingerprint density at radius 3 is 2.76 bits per heavy atom. The minimum atomic E-state index is -0.654. The number of rotatable bonds is 7. The van der Waals surface area contributed by atoms with Crippen LogP contribution in [0.5, 0.6) is 5.75 Å². The van der Waals surface area contributed by atoms with Crippen molar-refractivity contribution < 1.29 is 14.6 Å². The van der Waals surface area contributed by atoms with Gasteiger partial charge in [0.25, 0.3) is 0 Å². The molecule has 21 heavy (non-hydrogen) atoms. The second-order valence-electron chi connectivity index (χ2n) is 4.79. The summed E-state index contributed by atoms with van der Waals surface area (Å²) in [7, 11) is 0. The van der Waals surface area contributed by atoms with Crippen LogP contribution in [0.1, 0.15) is 23.7 Å². The van der Waals surface area contributed by atoms with Crippen molar-refractivity contribution in [3.63, 3.8) is 0 Å². The van der Waals surface area contributed by atoms with E-state index in [2.05, 4.69) is 5.32 Å². The van der Waals surface area contributed by atoms with Crippen molar-refractivity contribution in [3.05, 3.63) is 52.2 Å². The molecule has 4 nitrogen and oxygen atoms in total. The summed E-state index contributed by atoms with van der Waals surface area (Å²) in [6.07, 6.45) is -0.386. The standard InChI is InChI=1S/C16H19NO3S/c1-12-2-4-14(5-3-12)20-8-6-16(19)17-10-15(18)13-7-9-21-11-13/h2-5,7,9,11,15,18H,6,8,10H2,1H3,(H,17,19). The number of carbonyl (C=O) groups excluding carboxylic acids is 1. The van der Waals surface area contributed by atoms with Gasteiger partial charge in [-0.15, -0.1) is 0 Å². The predicted molar refractivity (Wildman–Crippen MR) is 83.6 cm³/mol. The van der Waals surface area contributed by atoms with Gasteiger partial charge in [-0.2, -0.15) is 11.3 Å². The van der Waals surface area contributed by atoms with Gasteiger partial charge in [-0.3, -0.25) is 4.79 Å². The normalized spacial score (nSPS) is 11.9. The Morgan fingerprint density at radius 2 is 2.10 bits per heavy atom. The molecule has 112 valence electrons. The monoisotopic (exact) mass is 305 g/mol. The molecule has 2 N–H and O–H groups in total. The van der Waals surface area contributed by atoms with Crippen molar-refractivity contribution >= 4 is 17.2 Å². The lowest BCUT2D eigenvalue weighted by atomic mass is 10.2. The molecule has 0 spiro atoms. The summed E-state index contributed by atoms with van der Waals surface area (Å²) in [5, 5.41) is 16.3. The first kappa shape index (κ1) is 15.5. The van der Waals surface area contributed by atoms with Gasteiger partial charge in [0, 0.05) is 6.54 Å². The maximum atomic E-state index is 11.7. The van der Waals surface area contributed by atoms with E-state index < -0.39 is 6.10 Å². The van der Waals surface area contributed by atoms with E-state index in [1.54, 1.807) is 0 Å². The van der Waals surface area contributed by atoms with Gasteiger partial charge in [0.2, 0.25) is 5.91 Å². The highest BCUT2D eigenvalue weighted by molar-refractivity contribution is 7.07. The third-order valence-corrected chi connectivity index (χ3v) is 3.74. The van der Waals surface area contributed by atoms with Crippen LogP contribution in [0, 0.1) is 6.92 Å². The van der Waals surface area contributed by atoms with Crippen LogP contribution in [-0.4, -0.2) is 24.2 Å². The third kappa shape index (κ3) is 5.21. The van der Waals surface area contributed by atoms with Crippen LogP contribution in [0.2, 0.25) is 0 Å². The third-order valence-electron chi connectivity index (χ3n) is 3.04. The number of nitrogens with one attached hydrogen (secondary N) is 1. The number of benzene rings is 1. The Morgan fingerprint density at radius 1 is 1.33 bits per heavy atom. The SMILES string of the molecule is Cc1ccc(OCCC(=O)NCC(O)c2ccsc2)cc1. The second-order valence-corrected chi connectivity index (χ2v) is 5.57. The van der Waals surface area contributed by atoms with Crippen LogP contribution in [0.4, 0.5) is 0 Å². The number of amides is 1. The van der Waals surface area contributed by atoms with Gasteiger partial charge >= 0.3 is 0 Å². The van der Waals surface area contributed by atoms with Gasteiger partial charge in [0.1, 0.15) is 5.75 Å². The number of aliphatic hydroxyl groups excluding tert-OH is 1. The van der Waals surface area contributed by atoms with Gasteiger partial charge in [-0.05, 0) is 41.4 Å². The van der Waals surface area contributed by atoms with Gasteiger partial charge in [-0.1, -0.05) is 17.7 Å². The number of hydrogen-bond donors (Lipinski definition) is 2. The maximum absolute atomic E-state index is 11.7. The van der Waals surface area contributed by atoms with Crippen LogP contribution < -0.4 is 10.1 Å². The molecule has 0 saturated heterocycles. The molecule has 1 unspecified atom stereocenters. The summed E-state index contributed by atoms with van der Waals surface area (Å²) in [6, 6.07) is 9.54. The largest absolute Gasteiger partial charge is 0.493 e. The minimum Gasteiger partial charge on any atom is -0.493 e. The van der Waals surface area contributed by atoms with Crippen LogP contribution in [0.15, 0.2) is 41.1 Å². The fraction of sp³-hybridized carbons (Fsp3) is 0.312. The van der Waals surface area contributed by atoms with Crippen molar-refractivity contribution in [1.29, 1.82) is 0 Å². The maximum Gasteiger partial charge on any atom is 0.223 e. The van der Waals surface area contributed by atoms with Gasteiger partial charge < -0.3 is 15.2 Å². The lowest BCUT2D eigenvalue weighted by molar-refractivity contribution is -0.122. The molecule has 1 atom stereocenters. The summed E-state index contributed by atoms with van der Waals surface area (Å²) in [5.41, 5.74) is 2.00. The van der Waals surface area contributed by atoms with E-state index in [0.717, 1.165) is 11.3 Å². The Labute approximate surface area is 128 Å². The molecule has 0 fully saturated rings. The van der Waals surface area contributed by atoms with E-state index in [1.807, 2.05) is 48.0 Å². The van der Waals surface area contributed by atoms with Crippen LogP contribution >= 0.6 is 11.3 Å². The zero-order valence-electron chi connectivity index (χ0n) is 11.9. The Bertz CT molecular complexity index is 551. The Balaban J connectivity index is 1.64. The summed E-state index contributed by atoms with van der Waals surface area (Å²) >= 11 is 1.52. The number of ether oxygens (including phenoxy) is 1. The van der Waals surface area contributed by atoms with Gasteiger partial charge in [0.05, 0.1) is 19.1 Å². The molecule has 1 aromatic heterocycles. The number of aryl methyl sites for hydroxylation is 1. The van der Waals surface area contributed by atoms with Crippen LogP contribution in [0.25, 0.3) is 0 Å². The number of hydrogen-bond acceptors (Lipinski definition) is 4. The lowest BCUT2D eigenvalue weighted by Gasteiger charge is -2.11. The number of thiophene rings is 1. The Hall–Kier alpha value is -1.85. The van der Waals surface area contributed by atoms with E-state index in [0.29, 0.717) is 6.61 Å². The average molecular weight is 305 g/mol. The second kappa shape index (κ2) is 7.81. The highest BCUT2D eigenvalue weighted by Crippen LogP contribution is 2.15. The minimum absolute atomic E-state index is 0.128. The van der Waals surface area contributed by atoms with Gasteiger partial charge in [-0.25, -0.2) is 0 Å². The van der Waals surface area contributed by atoms with E-state index >= 15 is 0 Å². The van der Waals surface area contributed by atoms with Crippen molar-refractivity contribution in [2.75, 3.05) is 13.2 Å². The molecule has 5 heteroatoms. The molecule has 1 aromatic carbocycles. The van der Waals surface area contributed by atoms with E-state index in [9.17, 15) is 9.90 Å². The molecular formula is C16H19NO3S. The molecular weight excluding hydrogens is 286 g/mol. The first-order chi connectivity index (χ1) is 10.1. The Kier molecular flexibility index (Phi) is 5.78. The van der Waals surface area contributed by atoms with E-state index in [4.69, 9.17) is 4.74 Å². The smallest absolute Gasteiger partial charge is 0.223 e. The highest BCUT2D eigenvalue weighted by Gasteiger charge is 2.09. The summed E-state index contributed by atoms with van der Waals surface area (Å²) in [4.78, 5) is 11.7. The molecule has 0 aliphatic carbocycles. The van der Waals surface area contributed by atoms with E-state index in [-0.39, 0.29) is 18.9 Å². The molecule has 0 radical (unpaired) electrons. The van der Waals surface area contributed by atoms with Gasteiger partial charge in [0.15, 0.2) is 0 Å².